The fourth-order valence-corrected chi connectivity index (χ4v) is 2.28. The van der Waals surface area contributed by atoms with E-state index in [1.165, 1.54) is 0 Å². The van der Waals surface area contributed by atoms with Crippen LogP contribution in [0.2, 0.25) is 5.02 Å². The highest BCUT2D eigenvalue weighted by Gasteiger charge is 2.10. The summed E-state index contributed by atoms with van der Waals surface area (Å²) in [4.78, 5) is 0. The Morgan fingerprint density at radius 3 is 2.32 bits per heavy atom. The van der Waals surface area contributed by atoms with Crippen LogP contribution in [0, 0.1) is 25.5 Å². The largest absolute Gasteiger partial charge is 0.377 e. The zero-order valence-electron chi connectivity index (χ0n) is 10.7. The second kappa shape index (κ2) is 5.57. The Morgan fingerprint density at radius 2 is 1.74 bits per heavy atom. The summed E-state index contributed by atoms with van der Waals surface area (Å²) in [6, 6.07) is 7.87. The summed E-state index contributed by atoms with van der Waals surface area (Å²) in [5.41, 5.74) is 3.45. The maximum Gasteiger partial charge on any atom is 0.150 e. The second-order valence-corrected chi connectivity index (χ2v) is 4.88. The van der Waals surface area contributed by atoms with Crippen molar-refractivity contribution in [1.82, 2.24) is 0 Å². The molecule has 100 valence electrons. The van der Waals surface area contributed by atoms with Crippen LogP contribution < -0.4 is 5.32 Å². The molecule has 0 aliphatic heterocycles. The molecule has 0 amide bonds. The quantitative estimate of drug-likeness (QED) is 0.848. The summed E-state index contributed by atoms with van der Waals surface area (Å²) >= 11 is 5.84. The van der Waals surface area contributed by atoms with E-state index < -0.39 is 11.6 Å². The van der Waals surface area contributed by atoms with Gasteiger partial charge in [0.1, 0.15) is 5.82 Å². The molecule has 0 bridgehead atoms. The van der Waals surface area contributed by atoms with E-state index in [1.54, 1.807) is 0 Å². The second-order valence-electron chi connectivity index (χ2n) is 4.47. The molecule has 0 aliphatic rings. The van der Waals surface area contributed by atoms with Crippen molar-refractivity contribution in [3.05, 3.63) is 63.7 Å². The third kappa shape index (κ3) is 3.04. The zero-order chi connectivity index (χ0) is 14.0. The lowest BCUT2D eigenvalue weighted by molar-refractivity contribution is 0.585. The molecule has 0 spiro atoms. The van der Waals surface area contributed by atoms with Crippen molar-refractivity contribution in [3.8, 4) is 0 Å². The molecule has 1 nitrogen and oxygen atoms in total. The van der Waals surface area contributed by atoms with Crippen LogP contribution in [0.5, 0.6) is 0 Å². The molecule has 0 aliphatic carbocycles. The molecule has 0 fully saturated rings. The van der Waals surface area contributed by atoms with Crippen LogP contribution in [-0.4, -0.2) is 0 Å². The summed E-state index contributed by atoms with van der Waals surface area (Å²) in [6.45, 7) is 4.43. The van der Waals surface area contributed by atoms with E-state index in [0.717, 1.165) is 28.8 Å². The number of hydrogen-bond acceptors (Lipinski definition) is 1. The molecule has 4 heteroatoms. The predicted octanol–water partition coefficient (Wildman–Crippen LogP) is 4.85. The number of nitrogens with one attached hydrogen (secondary N) is 1. The summed E-state index contributed by atoms with van der Waals surface area (Å²) in [7, 11) is 0. The minimum Gasteiger partial charge on any atom is -0.377 e. The van der Waals surface area contributed by atoms with E-state index in [4.69, 9.17) is 11.6 Å². The van der Waals surface area contributed by atoms with Crippen molar-refractivity contribution in [3.63, 3.8) is 0 Å². The maximum atomic E-state index is 13.6. The number of benzene rings is 2. The van der Waals surface area contributed by atoms with Gasteiger partial charge in [-0.15, -0.1) is 0 Å². The molecule has 0 atom stereocenters. The van der Waals surface area contributed by atoms with E-state index >= 15 is 0 Å². The predicted molar refractivity (Wildman–Crippen MR) is 74.6 cm³/mol. The Hall–Kier alpha value is -1.61. The Balaban J connectivity index is 2.24. The minimum absolute atomic E-state index is 0.0451. The monoisotopic (exact) mass is 281 g/mol. The zero-order valence-corrected chi connectivity index (χ0v) is 11.5. The summed E-state index contributed by atoms with van der Waals surface area (Å²) in [5, 5.41) is 2.98. The molecule has 0 heterocycles. The molecule has 1 N–H and O–H groups in total. The fourth-order valence-electron chi connectivity index (χ4n) is 2.02. The Morgan fingerprint density at radius 1 is 1.11 bits per heavy atom. The van der Waals surface area contributed by atoms with Crippen LogP contribution in [-0.2, 0) is 6.54 Å². The Bertz CT molecular complexity index is 568. The average molecular weight is 282 g/mol. The van der Waals surface area contributed by atoms with Crippen molar-refractivity contribution >= 4 is 17.3 Å². The van der Waals surface area contributed by atoms with Crippen molar-refractivity contribution in [2.75, 3.05) is 5.32 Å². The number of halogens is 3. The van der Waals surface area contributed by atoms with Gasteiger partial charge >= 0.3 is 0 Å². The van der Waals surface area contributed by atoms with E-state index in [-0.39, 0.29) is 10.7 Å². The van der Waals surface area contributed by atoms with E-state index in [9.17, 15) is 8.78 Å². The molecule has 0 radical (unpaired) electrons. The molecule has 19 heavy (non-hydrogen) atoms. The van der Waals surface area contributed by atoms with Gasteiger partial charge in [0, 0.05) is 12.6 Å². The van der Waals surface area contributed by atoms with Gasteiger partial charge in [0.25, 0.3) is 0 Å². The standard InChI is InChI=1S/C15H14ClF2N/c1-9-4-3-5-10(2)12(9)8-19-15-13(16)6-11(17)7-14(15)18/h3-7,19H,8H2,1-2H3. The average Bonchev–Trinajstić information content (AvgIpc) is 2.31. The molecule has 0 saturated heterocycles. The van der Waals surface area contributed by atoms with Crippen LogP contribution in [0.3, 0.4) is 0 Å². The molecular formula is C15H14ClF2N. The van der Waals surface area contributed by atoms with Crippen LogP contribution in [0.4, 0.5) is 14.5 Å². The van der Waals surface area contributed by atoms with Crippen molar-refractivity contribution in [1.29, 1.82) is 0 Å². The molecule has 0 unspecified atom stereocenters. The highest BCUT2D eigenvalue weighted by molar-refractivity contribution is 6.33. The van der Waals surface area contributed by atoms with Crippen LogP contribution in [0.15, 0.2) is 30.3 Å². The van der Waals surface area contributed by atoms with E-state index in [1.807, 2.05) is 32.0 Å². The maximum absolute atomic E-state index is 13.6. The lowest BCUT2D eigenvalue weighted by Gasteiger charge is -2.13. The third-order valence-corrected chi connectivity index (χ3v) is 3.39. The smallest absolute Gasteiger partial charge is 0.150 e. The van der Waals surface area contributed by atoms with Gasteiger partial charge in [0.15, 0.2) is 5.82 Å². The Labute approximate surface area is 116 Å². The number of hydrogen-bond donors (Lipinski definition) is 1. The van der Waals surface area contributed by atoms with Crippen LogP contribution in [0.1, 0.15) is 16.7 Å². The van der Waals surface area contributed by atoms with Gasteiger partial charge in [-0.05, 0) is 36.6 Å². The fraction of sp³-hybridized carbons (Fsp3) is 0.200. The minimum atomic E-state index is -0.684. The highest BCUT2D eigenvalue weighted by atomic mass is 35.5. The molecule has 0 saturated carbocycles. The van der Waals surface area contributed by atoms with Crippen LogP contribution >= 0.6 is 11.6 Å². The number of anilines is 1. The first kappa shape index (κ1) is 13.8. The van der Waals surface area contributed by atoms with Crippen LogP contribution in [0.25, 0.3) is 0 Å². The van der Waals surface area contributed by atoms with Gasteiger partial charge in [-0.25, -0.2) is 8.78 Å². The van der Waals surface area contributed by atoms with Gasteiger partial charge in [0.05, 0.1) is 10.7 Å². The summed E-state index contributed by atoms with van der Waals surface area (Å²) in [6.07, 6.45) is 0. The topological polar surface area (TPSA) is 12.0 Å². The summed E-state index contributed by atoms with van der Waals surface area (Å²) in [5.74, 6) is -1.36. The first-order chi connectivity index (χ1) is 8.99. The van der Waals surface area contributed by atoms with E-state index in [0.29, 0.717) is 6.54 Å². The lowest BCUT2D eigenvalue weighted by atomic mass is 10.0. The Kier molecular flexibility index (Phi) is 4.05. The first-order valence-corrected chi connectivity index (χ1v) is 6.30. The summed E-state index contributed by atoms with van der Waals surface area (Å²) < 4.78 is 26.6. The van der Waals surface area contributed by atoms with Crippen molar-refractivity contribution < 1.29 is 8.78 Å². The molecule has 2 aromatic rings. The molecule has 0 aromatic heterocycles. The third-order valence-electron chi connectivity index (χ3n) is 3.09. The normalized spacial score (nSPS) is 10.6. The SMILES string of the molecule is Cc1cccc(C)c1CNc1c(F)cc(F)cc1Cl. The molecule has 2 rings (SSSR count). The van der Waals surface area contributed by atoms with Gasteiger partial charge in [0.2, 0.25) is 0 Å². The molecule has 2 aromatic carbocycles. The van der Waals surface area contributed by atoms with E-state index in [2.05, 4.69) is 5.32 Å². The number of aryl methyl sites for hydroxylation is 2. The van der Waals surface area contributed by atoms with Gasteiger partial charge < -0.3 is 5.32 Å². The van der Waals surface area contributed by atoms with Gasteiger partial charge in [-0.2, -0.15) is 0 Å². The van der Waals surface area contributed by atoms with Crippen molar-refractivity contribution in [2.24, 2.45) is 0 Å². The highest BCUT2D eigenvalue weighted by Crippen LogP contribution is 2.27. The van der Waals surface area contributed by atoms with Crippen molar-refractivity contribution in [2.45, 2.75) is 20.4 Å². The number of rotatable bonds is 3. The first-order valence-electron chi connectivity index (χ1n) is 5.92. The molecular weight excluding hydrogens is 268 g/mol. The van der Waals surface area contributed by atoms with Gasteiger partial charge in [-0.3, -0.25) is 0 Å². The van der Waals surface area contributed by atoms with Gasteiger partial charge in [-0.1, -0.05) is 29.8 Å². The lowest BCUT2D eigenvalue weighted by Crippen LogP contribution is -2.05.